The topological polar surface area (TPSA) is 67.9 Å². The number of hydrogen-bond acceptors (Lipinski definition) is 4. The van der Waals surface area contributed by atoms with Crippen molar-refractivity contribution in [3.63, 3.8) is 0 Å². The minimum absolute atomic E-state index is 0.0795. The molecule has 0 bridgehead atoms. The zero-order chi connectivity index (χ0) is 17.1. The molecule has 1 fully saturated rings. The smallest absolute Gasteiger partial charge is 0.317 e. The average molecular weight is 328 g/mol. The number of ether oxygens (including phenoxy) is 2. The lowest BCUT2D eigenvalue weighted by atomic mass is 9.96. The van der Waals surface area contributed by atoms with E-state index in [1.54, 1.807) is 11.8 Å². The Bertz CT molecular complexity index is 357. The highest BCUT2D eigenvalue weighted by Crippen LogP contribution is 2.17. The minimum Gasteiger partial charge on any atom is -0.469 e. The summed E-state index contributed by atoms with van der Waals surface area (Å²) in [4.78, 5) is 25.9. The predicted molar refractivity (Wildman–Crippen MR) is 89.3 cm³/mol. The molecule has 1 rings (SSSR count). The maximum atomic E-state index is 12.5. The van der Waals surface area contributed by atoms with Crippen molar-refractivity contribution in [3.05, 3.63) is 0 Å². The Morgan fingerprint density at radius 1 is 1.26 bits per heavy atom. The van der Waals surface area contributed by atoms with E-state index in [1.165, 1.54) is 26.4 Å². The molecule has 1 aliphatic carbocycles. The van der Waals surface area contributed by atoms with Crippen LogP contribution in [0.2, 0.25) is 0 Å². The number of carbonyl (C=O) groups is 2. The van der Waals surface area contributed by atoms with Gasteiger partial charge in [0.25, 0.3) is 0 Å². The molecular weight excluding hydrogens is 296 g/mol. The van der Waals surface area contributed by atoms with E-state index < -0.39 is 0 Å². The van der Waals surface area contributed by atoms with Gasteiger partial charge in [-0.3, -0.25) is 4.79 Å². The van der Waals surface area contributed by atoms with Gasteiger partial charge >= 0.3 is 12.0 Å². The number of hydrogen-bond donors (Lipinski definition) is 1. The fourth-order valence-corrected chi connectivity index (χ4v) is 2.90. The van der Waals surface area contributed by atoms with Crippen LogP contribution in [0.25, 0.3) is 0 Å². The first-order valence-electron chi connectivity index (χ1n) is 8.79. The van der Waals surface area contributed by atoms with E-state index in [-0.39, 0.29) is 24.0 Å². The molecule has 2 amide bonds. The third-order valence-electron chi connectivity index (χ3n) is 4.24. The number of esters is 1. The van der Waals surface area contributed by atoms with Crippen molar-refractivity contribution in [2.24, 2.45) is 5.92 Å². The Morgan fingerprint density at radius 3 is 2.57 bits per heavy atom. The van der Waals surface area contributed by atoms with E-state index in [0.717, 1.165) is 19.3 Å². The molecule has 1 atom stereocenters. The zero-order valence-corrected chi connectivity index (χ0v) is 14.8. The highest BCUT2D eigenvalue weighted by atomic mass is 16.5. The SMILES string of the molecule is CCOCCCN(CC(C)C(=O)OC)C(=O)NC1CCCCC1. The van der Waals surface area contributed by atoms with Crippen LogP contribution >= 0.6 is 0 Å². The summed E-state index contributed by atoms with van der Waals surface area (Å²) in [5.74, 6) is -0.616. The second-order valence-corrected chi connectivity index (χ2v) is 6.21. The van der Waals surface area contributed by atoms with E-state index in [1.807, 2.05) is 6.92 Å². The molecule has 6 heteroatoms. The van der Waals surface area contributed by atoms with Gasteiger partial charge in [0.05, 0.1) is 13.0 Å². The number of rotatable bonds is 9. The van der Waals surface area contributed by atoms with Gasteiger partial charge in [-0.15, -0.1) is 0 Å². The normalized spacial score (nSPS) is 16.7. The molecule has 0 saturated heterocycles. The molecule has 0 radical (unpaired) electrons. The maximum Gasteiger partial charge on any atom is 0.317 e. The van der Waals surface area contributed by atoms with Gasteiger partial charge in [-0.1, -0.05) is 26.2 Å². The van der Waals surface area contributed by atoms with Crippen molar-refractivity contribution in [1.82, 2.24) is 10.2 Å². The summed E-state index contributed by atoms with van der Waals surface area (Å²) in [6.45, 7) is 5.99. The van der Waals surface area contributed by atoms with Crippen molar-refractivity contribution in [2.75, 3.05) is 33.4 Å². The summed E-state index contributed by atoms with van der Waals surface area (Å²) in [7, 11) is 1.38. The van der Waals surface area contributed by atoms with Gasteiger partial charge in [-0.05, 0) is 26.2 Å². The van der Waals surface area contributed by atoms with Crippen LogP contribution in [0.3, 0.4) is 0 Å². The molecule has 23 heavy (non-hydrogen) atoms. The fourth-order valence-electron chi connectivity index (χ4n) is 2.90. The quantitative estimate of drug-likeness (QED) is 0.522. The van der Waals surface area contributed by atoms with Crippen LogP contribution < -0.4 is 5.32 Å². The number of nitrogens with zero attached hydrogens (tertiary/aromatic N) is 1. The predicted octanol–water partition coefficient (Wildman–Crippen LogP) is 2.57. The third-order valence-corrected chi connectivity index (χ3v) is 4.24. The minimum atomic E-state index is -0.329. The number of carbonyl (C=O) groups excluding carboxylic acids is 2. The van der Waals surface area contributed by atoms with E-state index in [0.29, 0.717) is 26.3 Å². The van der Waals surface area contributed by atoms with Crippen molar-refractivity contribution in [1.29, 1.82) is 0 Å². The standard InChI is InChI=1S/C17H32N2O4/c1-4-23-12-8-11-19(13-14(2)16(20)22-3)17(21)18-15-9-6-5-7-10-15/h14-15H,4-13H2,1-3H3,(H,18,21). The first-order valence-corrected chi connectivity index (χ1v) is 8.79. The fraction of sp³-hybridized carbons (Fsp3) is 0.882. The molecule has 0 spiro atoms. The van der Waals surface area contributed by atoms with Crippen LogP contribution in [0.5, 0.6) is 0 Å². The average Bonchev–Trinajstić information content (AvgIpc) is 2.57. The first kappa shape index (κ1) is 19.7. The van der Waals surface area contributed by atoms with Crippen LogP contribution in [0.15, 0.2) is 0 Å². The van der Waals surface area contributed by atoms with Crippen LogP contribution in [0.4, 0.5) is 4.79 Å². The Labute approximate surface area is 139 Å². The highest BCUT2D eigenvalue weighted by Gasteiger charge is 2.23. The maximum absolute atomic E-state index is 12.5. The lowest BCUT2D eigenvalue weighted by molar-refractivity contribution is -0.145. The largest absolute Gasteiger partial charge is 0.469 e. The van der Waals surface area contributed by atoms with Gasteiger partial charge in [0.1, 0.15) is 0 Å². The van der Waals surface area contributed by atoms with Gasteiger partial charge in [0.15, 0.2) is 0 Å². The van der Waals surface area contributed by atoms with Crippen molar-refractivity contribution in [2.45, 2.75) is 58.4 Å². The Morgan fingerprint density at radius 2 is 1.96 bits per heavy atom. The summed E-state index contributed by atoms with van der Waals surface area (Å²) in [6.07, 6.45) is 6.46. The molecule has 0 heterocycles. The molecule has 1 unspecified atom stereocenters. The summed E-state index contributed by atoms with van der Waals surface area (Å²) in [5, 5.41) is 3.12. The summed E-state index contributed by atoms with van der Waals surface area (Å²) in [5.41, 5.74) is 0. The lowest BCUT2D eigenvalue weighted by Gasteiger charge is -2.29. The number of amides is 2. The van der Waals surface area contributed by atoms with Crippen LogP contribution in [-0.4, -0.2) is 56.4 Å². The Hall–Kier alpha value is -1.30. The van der Waals surface area contributed by atoms with Gasteiger partial charge in [0.2, 0.25) is 0 Å². The van der Waals surface area contributed by atoms with E-state index in [2.05, 4.69) is 5.32 Å². The van der Waals surface area contributed by atoms with Crippen LogP contribution in [0.1, 0.15) is 52.4 Å². The molecular formula is C17H32N2O4. The van der Waals surface area contributed by atoms with Crippen LogP contribution in [-0.2, 0) is 14.3 Å². The molecule has 134 valence electrons. The van der Waals surface area contributed by atoms with Gasteiger partial charge < -0.3 is 19.7 Å². The molecule has 1 N–H and O–H groups in total. The third kappa shape index (κ3) is 7.68. The van der Waals surface area contributed by atoms with Gasteiger partial charge in [0, 0.05) is 32.3 Å². The van der Waals surface area contributed by atoms with Crippen LogP contribution in [0, 0.1) is 5.92 Å². The summed E-state index contributed by atoms with van der Waals surface area (Å²) in [6, 6.07) is 0.184. The Balaban J connectivity index is 2.52. The molecule has 0 aromatic rings. The molecule has 6 nitrogen and oxygen atoms in total. The number of methoxy groups -OCH3 is 1. The molecule has 0 aromatic carbocycles. The molecule has 0 aliphatic heterocycles. The van der Waals surface area contributed by atoms with Gasteiger partial charge in [-0.2, -0.15) is 0 Å². The van der Waals surface area contributed by atoms with E-state index >= 15 is 0 Å². The molecule has 0 aromatic heterocycles. The second kappa shape index (κ2) is 11.3. The zero-order valence-electron chi connectivity index (χ0n) is 14.8. The number of urea groups is 1. The van der Waals surface area contributed by atoms with E-state index in [9.17, 15) is 9.59 Å². The molecule has 1 saturated carbocycles. The first-order chi connectivity index (χ1) is 11.1. The van der Waals surface area contributed by atoms with Gasteiger partial charge in [-0.25, -0.2) is 4.79 Å². The van der Waals surface area contributed by atoms with Crippen molar-refractivity contribution in [3.8, 4) is 0 Å². The number of nitrogens with one attached hydrogen (secondary N) is 1. The lowest BCUT2D eigenvalue weighted by Crippen LogP contribution is -2.48. The summed E-state index contributed by atoms with van der Waals surface area (Å²) < 4.78 is 10.1. The second-order valence-electron chi connectivity index (χ2n) is 6.21. The monoisotopic (exact) mass is 328 g/mol. The van der Waals surface area contributed by atoms with Crippen molar-refractivity contribution >= 4 is 12.0 Å². The summed E-state index contributed by atoms with van der Waals surface area (Å²) >= 11 is 0. The Kier molecular flexibility index (Phi) is 9.67. The van der Waals surface area contributed by atoms with Crippen molar-refractivity contribution < 1.29 is 19.1 Å². The highest BCUT2D eigenvalue weighted by molar-refractivity contribution is 5.76. The molecule has 1 aliphatic rings. The van der Waals surface area contributed by atoms with E-state index in [4.69, 9.17) is 9.47 Å².